The summed E-state index contributed by atoms with van der Waals surface area (Å²) in [5.74, 6) is 0. The van der Waals surface area contributed by atoms with Crippen molar-refractivity contribution in [3.8, 4) is 0 Å². The van der Waals surface area contributed by atoms with Gasteiger partial charge in [0, 0.05) is 12.5 Å². The molecular formula is C12H23NO2. The monoisotopic (exact) mass is 213 g/mol. The van der Waals surface area contributed by atoms with Crippen molar-refractivity contribution >= 4 is 0 Å². The first kappa shape index (κ1) is 12.7. The van der Waals surface area contributed by atoms with Crippen LogP contribution in [0.15, 0.2) is 11.8 Å². The number of aliphatic hydroxyl groups is 1. The molecule has 1 aliphatic rings. The van der Waals surface area contributed by atoms with Gasteiger partial charge in [-0.1, -0.05) is 12.8 Å². The van der Waals surface area contributed by atoms with E-state index in [0.29, 0.717) is 13.1 Å². The van der Waals surface area contributed by atoms with Crippen LogP contribution in [0.5, 0.6) is 0 Å². The van der Waals surface area contributed by atoms with Gasteiger partial charge in [0.25, 0.3) is 0 Å². The fourth-order valence-corrected chi connectivity index (χ4v) is 2.19. The lowest BCUT2D eigenvalue weighted by Crippen LogP contribution is -2.41. The first-order chi connectivity index (χ1) is 7.12. The Balaban J connectivity index is 2.82. The van der Waals surface area contributed by atoms with E-state index in [1.165, 1.54) is 0 Å². The molecule has 0 spiro atoms. The predicted molar refractivity (Wildman–Crippen MR) is 61.9 cm³/mol. The summed E-state index contributed by atoms with van der Waals surface area (Å²) < 4.78 is -0.253. The summed E-state index contributed by atoms with van der Waals surface area (Å²) in [6.07, 6.45) is 6.33. The molecule has 0 radical (unpaired) electrons. The second kappa shape index (κ2) is 5.64. The van der Waals surface area contributed by atoms with Crippen LogP contribution in [0.2, 0.25) is 0 Å². The number of quaternary nitrogens is 1. The summed E-state index contributed by atoms with van der Waals surface area (Å²) in [6.45, 7) is 4.97. The molecule has 0 aromatic heterocycles. The lowest BCUT2D eigenvalue weighted by atomic mass is 10.0. The minimum absolute atomic E-state index is 0.253. The Hall–Kier alpha value is -0.380. The molecular weight excluding hydrogens is 190 g/mol. The minimum atomic E-state index is -0.412. The molecule has 0 aromatic rings. The van der Waals surface area contributed by atoms with Crippen LogP contribution in [0.4, 0.5) is 0 Å². The second-order valence-corrected chi connectivity index (χ2v) is 4.35. The first-order valence-corrected chi connectivity index (χ1v) is 6.09. The number of nitrogens with zero attached hydrogens (tertiary/aromatic N) is 1. The summed E-state index contributed by atoms with van der Waals surface area (Å²) in [5.41, 5.74) is 0.882. The number of allylic oxidation sites excluding steroid dienone is 1. The van der Waals surface area contributed by atoms with Gasteiger partial charge in [0.05, 0.1) is 19.2 Å². The van der Waals surface area contributed by atoms with Crippen molar-refractivity contribution in [3.63, 3.8) is 0 Å². The zero-order chi connectivity index (χ0) is 11.3. The van der Waals surface area contributed by atoms with Crippen molar-refractivity contribution in [1.29, 1.82) is 0 Å². The molecule has 1 atom stereocenters. The van der Waals surface area contributed by atoms with Crippen LogP contribution in [0.1, 0.15) is 46.0 Å². The van der Waals surface area contributed by atoms with Crippen LogP contribution < -0.4 is 0 Å². The lowest BCUT2D eigenvalue weighted by Gasteiger charge is -2.43. The molecule has 0 saturated heterocycles. The van der Waals surface area contributed by atoms with Gasteiger partial charge in [-0.3, -0.25) is 0 Å². The molecule has 3 heteroatoms. The van der Waals surface area contributed by atoms with Gasteiger partial charge in [0.1, 0.15) is 5.70 Å². The van der Waals surface area contributed by atoms with Crippen molar-refractivity contribution in [1.82, 2.24) is 0 Å². The highest BCUT2D eigenvalue weighted by atomic mass is 16.5. The van der Waals surface area contributed by atoms with Crippen LogP contribution in [0.3, 0.4) is 0 Å². The maximum atomic E-state index is 12.4. The third-order valence-electron chi connectivity index (χ3n) is 3.36. The summed E-state index contributed by atoms with van der Waals surface area (Å²) in [7, 11) is 0. The molecule has 3 nitrogen and oxygen atoms in total. The maximum Gasteiger partial charge on any atom is 0.107 e. The Kier molecular flexibility index (Phi) is 4.77. The Labute approximate surface area is 92.6 Å². The van der Waals surface area contributed by atoms with Crippen molar-refractivity contribution < 1.29 is 9.75 Å². The van der Waals surface area contributed by atoms with Crippen LogP contribution >= 0.6 is 0 Å². The van der Waals surface area contributed by atoms with E-state index in [4.69, 9.17) is 0 Å². The average molecular weight is 213 g/mol. The Bertz CT molecular complexity index is 222. The van der Waals surface area contributed by atoms with Crippen LogP contribution in [0, 0.1) is 5.21 Å². The minimum Gasteiger partial charge on any atom is -0.628 e. The first-order valence-electron chi connectivity index (χ1n) is 6.09. The van der Waals surface area contributed by atoms with Gasteiger partial charge < -0.3 is 15.0 Å². The molecule has 0 aromatic carbocycles. The Morgan fingerprint density at radius 2 is 2.00 bits per heavy atom. The van der Waals surface area contributed by atoms with E-state index >= 15 is 0 Å². The SMILES string of the molecule is CC[N+]([O-])(CC)/C1=C/C(O)CCCCC1. The van der Waals surface area contributed by atoms with Crippen LogP contribution in [-0.2, 0) is 0 Å². The highest BCUT2D eigenvalue weighted by molar-refractivity contribution is 5.00. The molecule has 15 heavy (non-hydrogen) atoms. The molecule has 0 fully saturated rings. The third-order valence-corrected chi connectivity index (χ3v) is 3.36. The highest BCUT2D eigenvalue weighted by Crippen LogP contribution is 2.25. The molecule has 1 unspecified atom stereocenters. The van der Waals surface area contributed by atoms with Gasteiger partial charge in [-0.15, -0.1) is 0 Å². The van der Waals surface area contributed by atoms with E-state index in [-0.39, 0.29) is 4.65 Å². The quantitative estimate of drug-likeness (QED) is 0.578. The van der Waals surface area contributed by atoms with Crippen LogP contribution in [-0.4, -0.2) is 28.9 Å². The van der Waals surface area contributed by atoms with Gasteiger partial charge in [-0.05, 0) is 26.7 Å². The van der Waals surface area contributed by atoms with E-state index < -0.39 is 6.10 Å². The molecule has 0 heterocycles. The van der Waals surface area contributed by atoms with Gasteiger partial charge in [-0.25, -0.2) is 0 Å². The van der Waals surface area contributed by atoms with Gasteiger partial charge in [0.2, 0.25) is 0 Å². The molecule has 0 saturated carbocycles. The normalized spacial score (nSPS) is 27.7. The fourth-order valence-electron chi connectivity index (χ4n) is 2.19. The van der Waals surface area contributed by atoms with Gasteiger partial charge in [0.15, 0.2) is 0 Å². The topological polar surface area (TPSA) is 43.3 Å². The fraction of sp³-hybridized carbons (Fsp3) is 0.833. The molecule has 0 amide bonds. The molecule has 0 aliphatic heterocycles. The second-order valence-electron chi connectivity index (χ2n) is 4.35. The molecule has 88 valence electrons. The van der Waals surface area contributed by atoms with Crippen molar-refractivity contribution in [2.75, 3.05) is 13.1 Å². The zero-order valence-corrected chi connectivity index (χ0v) is 9.91. The molecule has 1 N–H and O–H groups in total. The standard InChI is InChI=1S/C12H23NO2/c1-3-13(15,4-2)11-8-6-5-7-9-12(14)10-11/h10,12,14H,3-9H2,1-2H3/b11-10+. The van der Waals surface area contributed by atoms with E-state index in [9.17, 15) is 10.3 Å². The van der Waals surface area contributed by atoms with E-state index in [1.54, 1.807) is 6.08 Å². The number of hydrogen-bond donors (Lipinski definition) is 1. The summed E-state index contributed by atoms with van der Waals surface area (Å²) in [5, 5.41) is 22.1. The average Bonchev–Trinajstić information content (AvgIpc) is 2.22. The van der Waals surface area contributed by atoms with E-state index in [0.717, 1.165) is 37.8 Å². The highest BCUT2D eigenvalue weighted by Gasteiger charge is 2.21. The lowest BCUT2D eigenvalue weighted by molar-refractivity contribution is -0.840. The third kappa shape index (κ3) is 3.30. The van der Waals surface area contributed by atoms with Gasteiger partial charge in [-0.2, -0.15) is 0 Å². The Morgan fingerprint density at radius 1 is 1.33 bits per heavy atom. The predicted octanol–water partition coefficient (Wildman–Crippen LogP) is 2.55. The van der Waals surface area contributed by atoms with E-state index in [2.05, 4.69) is 0 Å². The number of aliphatic hydroxyl groups excluding tert-OH is 1. The smallest absolute Gasteiger partial charge is 0.107 e. The Morgan fingerprint density at radius 3 is 2.60 bits per heavy atom. The number of rotatable bonds is 3. The summed E-state index contributed by atoms with van der Waals surface area (Å²) in [6, 6.07) is 0. The number of hydroxylamine groups is 3. The zero-order valence-electron chi connectivity index (χ0n) is 9.91. The summed E-state index contributed by atoms with van der Waals surface area (Å²) in [4.78, 5) is 0. The van der Waals surface area contributed by atoms with Crippen molar-refractivity contribution in [2.24, 2.45) is 0 Å². The molecule has 1 rings (SSSR count). The summed E-state index contributed by atoms with van der Waals surface area (Å²) >= 11 is 0. The largest absolute Gasteiger partial charge is 0.628 e. The van der Waals surface area contributed by atoms with Gasteiger partial charge >= 0.3 is 0 Å². The molecule has 0 bridgehead atoms. The maximum absolute atomic E-state index is 12.4. The van der Waals surface area contributed by atoms with Crippen molar-refractivity contribution in [2.45, 2.75) is 52.1 Å². The van der Waals surface area contributed by atoms with Crippen LogP contribution in [0.25, 0.3) is 0 Å². The molecule has 1 aliphatic carbocycles. The van der Waals surface area contributed by atoms with E-state index in [1.807, 2.05) is 13.8 Å². The van der Waals surface area contributed by atoms with Crippen molar-refractivity contribution in [3.05, 3.63) is 17.0 Å². The number of hydrogen-bond acceptors (Lipinski definition) is 2.